The van der Waals surface area contributed by atoms with E-state index >= 15 is 0 Å². The molecule has 0 saturated heterocycles. The van der Waals surface area contributed by atoms with Crippen LogP contribution >= 0.6 is 15.9 Å². The molecule has 0 aromatic rings. The Kier molecular flexibility index (Phi) is 1.70. The third-order valence-electron chi connectivity index (χ3n) is 3.97. The first-order valence-electron chi connectivity index (χ1n) is 5.16. The van der Waals surface area contributed by atoms with Crippen molar-refractivity contribution in [1.82, 2.24) is 0 Å². The molecule has 0 aromatic carbocycles. The summed E-state index contributed by atoms with van der Waals surface area (Å²) in [7, 11) is 0. The number of Topliss-reactive ketones (excluding diaryl/α,β-unsaturated/α-hetero) is 1. The van der Waals surface area contributed by atoms with Gasteiger partial charge in [-0.2, -0.15) is 0 Å². The zero-order valence-corrected chi connectivity index (χ0v) is 9.09. The number of hydrogen-bond donors (Lipinski definition) is 0. The predicted molar refractivity (Wildman–Crippen MR) is 54.7 cm³/mol. The topological polar surface area (TPSA) is 17.1 Å². The highest BCUT2D eigenvalue weighted by atomic mass is 79.9. The monoisotopic (exact) mass is 240 g/mol. The maximum absolute atomic E-state index is 11.7. The lowest BCUT2D eigenvalue weighted by Crippen LogP contribution is -2.40. The predicted octanol–water partition coefficient (Wildman–Crippen LogP) is 2.70. The van der Waals surface area contributed by atoms with Gasteiger partial charge >= 0.3 is 0 Å². The first-order chi connectivity index (χ1) is 6.29. The Morgan fingerprint density at radius 1 is 1.38 bits per heavy atom. The van der Waals surface area contributed by atoms with E-state index in [1.54, 1.807) is 5.57 Å². The molecule has 0 aromatic heterocycles. The second-order valence-electron chi connectivity index (χ2n) is 4.48. The minimum Gasteiger partial charge on any atom is -0.299 e. The number of carbonyl (C=O) groups is 1. The van der Waals surface area contributed by atoms with Gasteiger partial charge in [0.15, 0.2) is 0 Å². The molecule has 0 radical (unpaired) electrons. The first kappa shape index (κ1) is 8.22. The van der Waals surface area contributed by atoms with Crippen LogP contribution in [0.1, 0.15) is 25.7 Å². The summed E-state index contributed by atoms with van der Waals surface area (Å²) in [5.74, 6) is 2.34. The molecule has 0 aliphatic heterocycles. The number of allylic oxidation sites excluding steroid dienone is 2. The Hall–Kier alpha value is -0.110. The molecule has 0 unspecified atom stereocenters. The van der Waals surface area contributed by atoms with Gasteiger partial charge in [-0.05, 0) is 31.1 Å². The fourth-order valence-corrected chi connectivity index (χ4v) is 4.41. The van der Waals surface area contributed by atoms with Crippen molar-refractivity contribution in [2.24, 2.45) is 17.8 Å². The van der Waals surface area contributed by atoms with E-state index in [-0.39, 0.29) is 0 Å². The maximum Gasteiger partial charge on any atom is 0.136 e. The van der Waals surface area contributed by atoms with Crippen LogP contribution in [0.15, 0.2) is 11.6 Å². The molecule has 3 aliphatic carbocycles. The smallest absolute Gasteiger partial charge is 0.136 e. The second-order valence-corrected chi connectivity index (χ2v) is 5.47. The Balaban J connectivity index is 1.98. The molecular formula is C11H13BrO. The fraction of sp³-hybridized carbons (Fsp3) is 0.727. The Bertz CT molecular complexity index is 294. The molecule has 1 nitrogen and oxygen atoms in total. The van der Waals surface area contributed by atoms with Gasteiger partial charge in [0.2, 0.25) is 0 Å². The van der Waals surface area contributed by atoms with Crippen molar-refractivity contribution in [3.8, 4) is 0 Å². The summed E-state index contributed by atoms with van der Waals surface area (Å²) in [4.78, 5) is 12.3. The Morgan fingerprint density at radius 2 is 2.23 bits per heavy atom. The van der Waals surface area contributed by atoms with E-state index in [0.29, 0.717) is 22.4 Å². The lowest BCUT2D eigenvalue weighted by Gasteiger charge is -2.42. The number of alkyl halides is 1. The molecule has 2 saturated carbocycles. The van der Waals surface area contributed by atoms with Crippen molar-refractivity contribution in [1.29, 1.82) is 0 Å². The summed E-state index contributed by atoms with van der Waals surface area (Å²) >= 11 is 3.73. The van der Waals surface area contributed by atoms with Gasteiger partial charge in [-0.15, -0.1) is 0 Å². The normalized spacial score (nSPS) is 47.8. The highest BCUT2D eigenvalue weighted by molar-refractivity contribution is 9.09. The standard InChI is InChI=1S/C11H13BrO/c12-11-7-2-1-3-9(13)6-4-5-8(11)10(6)7/h2,6,8,10-11H,1,3-5H2/t6-,8-,10-,11-/m0/s1. The van der Waals surface area contributed by atoms with Crippen molar-refractivity contribution in [2.45, 2.75) is 30.5 Å². The second kappa shape index (κ2) is 2.69. The van der Waals surface area contributed by atoms with E-state index in [9.17, 15) is 4.79 Å². The highest BCUT2D eigenvalue weighted by Gasteiger charge is 2.54. The maximum atomic E-state index is 11.7. The van der Waals surface area contributed by atoms with Crippen molar-refractivity contribution in [3.05, 3.63) is 11.6 Å². The number of halogens is 1. The molecule has 70 valence electrons. The Labute approximate surface area is 86.7 Å². The Morgan fingerprint density at radius 3 is 3.08 bits per heavy atom. The van der Waals surface area contributed by atoms with Gasteiger partial charge in [-0.3, -0.25) is 4.79 Å². The first-order valence-corrected chi connectivity index (χ1v) is 6.07. The van der Waals surface area contributed by atoms with Gasteiger partial charge in [0.1, 0.15) is 5.78 Å². The molecule has 0 N–H and O–H groups in total. The van der Waals surface area contributed by atoms with Crippen molar-refractivity contribution in [2.75, 3.05) is 0 Å². The van der Waals surface area contributed by atoms with Crippen LogP contribution in [0.4, 0.5) is 0 Å². The molecule has 3 aliphatic rings. The van der Waals surface area contributed by atoms with Gasteiger partial charge in [0, 0.05) is 17.2 Å². The van der Waals surface area contributed by atoms with Crippen LogP contribution in [-0.2, 0) is 4.79 Å². The molecule has 4 atom stereocenters. The van der Waals surface area contributed by atoms with E-state index in [1.807, 2.05) is 0 Å². The number of rotatable bonds is 0. The number of hydrogen-bond acceptors (Lipinski definition) is 1. The van der Waals surface area contributed by atoms with Crippen LogP contribution in [0.2, 0.25) is 0 Å². The summed E-state index contributed by atoms with van der Waals surface area (Å²) in [6.45, 7) is 0. The van der Waals surface area contributed by atoms with Crippen LogP contribution in [-0.4, -0.2) is 10.6 Å². The van der Waals surface area contributed by atoms with Crippen molar-refractivity contribution < 1.29 is 4.79 Å². The zero-order valence-electron chi connectivity index (χ0n) is 7.50. The average Bonchev–Trinajstić information content (AvgIpc) is 2.46. The molecule has 2 fully saturated rings. The zero-order chi connectivity index (χ0) is 9.00. The van der Waals surface area contributed by atoms with Gasteiger partial charge in [-0.1, -0.05) is 27.6 Å². The van der Waals surface area contributed by atoms with Gasteiger partial charge in [-0.25, -0.2) is 0 Å². The van der Waals surface area contributed by atoms with Crippen molar-refractivity contribution in [3.63, 3.8) is 0 Å². The van der Waals surface area contributed by atoms with Gasteiger partial charge in [0.05, 0.1) is 0 Å². The lowest BCUT2D eigenvalue weighted by molar-refractivity contribution is -0.123. The summed E-state index contributed by atoms with van der Waals surface area (Å²) in [5, 5.41) is 0. The molecular weight excluding hydrogens is 228 g/mol. The number of carbonyl (C=O) groups excluding carboxylic acids is 1. The van der Waals surface area contributed by atoms with Crippen LogP contribution in [0.5, 0.6) is 0 Å². The van der Waals surface area contributed by atoms with Crippen LogP contribution in [0.25, 0.3) is 0 Å². The van der Waals surface area contributed by atoms with Crippen LogP contribution in [0.3, 0.4) is 0 Å². The van der Waals surface area contributed by atoms with Crippen molar-refractivity contribution >= 4 is 21.7 Å². The van der Waals surface area contributed by atoms with Gasteiger partial charge in [0.25, 0.3) is 0 Å². The van der Waals surface area contributed by atoms with E-state index in [1.165, 1.54) is 6.42 Å². The van der Waals surface area contributed by atoms with Gasteiger partial charge < -0.3 is 0 Å². The van der Waals surface area contributed by atoms with E-state index in [0.717, 1.165) is 25.2 Å². The lowest BCUT2D eigenvalue weighted by atomic mass is 9.68. The molecule has 2 heteroatoms. The molecule has 0 bridgehead atoms. The molecule has 0 heterocycles. The number of ketones is 1. The van der Waals surface area contributed by atoms with E-state index < -0.39 is 0 Å². The molecule has 0 spiro atoms. The minimum absolute atomic E-state index is 0.396. The summed E-state index contributed by atoms with van der Waals surface area (Å²) in [6.07, 6.45) is 6.48. The molecule has 13 heavy (non-hydrogen) atoms. The minimum atomic E-state index is 0.396. The summed E-state index contributed by atoms with van der Waals surface area (Å²) in [5.41, 5.74) is 1.54. The summed E-state index contributed by atoms with van der Waals surface area (Å²) < 4.78 is 0. The molecule has 0 amide bonds. The fourth-order valence-electron chi connectivity index (χ4n) is 3.33. The molecule has 3 rings (SSSR count). The SMILES string of the molecule is O=C1CCC=C2[C@H]3[C@H](CC[C@@H]13)[C@H]2Br. The largest absolute Gasteiger partial charge is 0.299 e. The summed E-state index contributed by atoms with van der Waals surface area (Å²) in [6, 6.07) is 0. The van der Waals surface area contributed by atoms with Crippen LogP contribution < -0.4 is 0 Å². The quantitative estimate of drug-likeness (QED) is 0.470. The van der Waals surface area contributed by atoms with E-state index in [2.05, 4.69) is 22.0 Å². The average molecular weight is 241 g/mol. The third-order valence-corrected chi connectivity index (χ3v) is 5.18. The van der Waals surface area contributed by atoms with E-state index in [4.69, 9.17) is 0 Å². The third kappa shape index (κ3) is 0.955. The highest BCUT2D eigenvalue weighted by Crippen LogP contribution is 2.58. The van der Waals surface area contributed by atoms with Crippen LogP contribution in [0, 0.1) is 17.8 Å².